The number of nitrogens with zero attached hydrogens (tertiary/aromatic N) is 2. The van der Waals surface area contributed by atoms with E-state index >= 15 is 0 Å². The third kappa shape index (κ3) is 6.10. The van der Waals surface area contributed by atoms with Crippen LogP contribution in [0.5, 0.6) is 0 Å². The first-order valence-electron chi connectivity index (χ1n) is 9.53. The number of amides is 2. The van der Waals surface area contributed by atoms with Crippen molar-refractivity contribution in [2.45, 2.75) is 51.6 Å². The van der Waals surface area contributed by atoms with Crippen LogP contribution in [0.4, 0.5) is 15.2 Å². The smallest absolute Gasteiger partial charge is 0.226 e. The second kappa shape index (κ2) is 9.75. The summed E-state index contributed by atoms with van der Waals surface area (Å²) >= 11 is 1.47. The molecule has 8 heteroatoms. The topological polar surface area (TPSA) is 74.3 Å². The fourth-order valence-electron chi connectivity index (χ4n) is 3.20. The summed E-state index contributed by atoms with van der Waals surface area (Å²) in [6, 6.07) is 6.08. The number of likely N-dealkylation sites (tertiary alicyclic amines) is 1. The summed E-state index contributed by atoms with van der Waals surface area (Å²) in [5, 5.41) is 5.95. The van der Waals surface area contributed by atoms with E-state index in [9.17, 15) is 14.0 Å². The number of nitrogens with one attached hydrogen (secondary N) is 2. The summed E-state index contributed by atoms with van der Waals surface area (Å²) in [5.74, 6) is -0.905. The maximum atomic E-state index is 12.9. The maximum Gasteiger partial charge on any atom is 0.226 e. The van der Waals surface area contributed by atoms with E-state index < -0.39 is 0 Å². The summed E-state index contributed by atoms with van der Waals surface area (Å²) in [6.45, 7) is 4.21. The molecule has 3 rings (SSSR count). The Morgan fingerprint density at radius 2 is 1.89 bits per heavy atom. The van der Waals surface area contributed by atoms with Crippen LogP contribution in [-0.4, -0.2) is 34.3 Å². The van der Waals surface area contributed by atoms with Gasteiger partial charge < -0.3 is 10.6 Å². The van der Waals surface area contributed by atoms with Gasteiger partial charge in [-0.2, -0.15) is 0 Å². The Bertz CT molecular complexity index is 809. The molecule has 2 aromatic rings. The summed E-state index contributed by atoms with van der Waals surface area (Å²) in [4.78, 5) is 31.8. The van der Waals surface area contributed by atoms with Gasteiger partial charge in [0, 0.05) is 42.2 Å². The molecule has 0 saturated carbocycles. The van der Waals surface area contributed by atoms with E-state index in [4.69, 9.17) is 0 Å². The van der Waals surface area contributed by atoms with Crippen LogP contribution in [0, 0.1) is 5.82 Å². The number of piperidine rings is 1. The lowest BCUT2D eigenvalue weighted by atomic mass is 10.0. The Balaban J connectivity index is 1.41. The third-order valence-electron chi connectivity index (χ3n) is 4.81. The van der Waals surface area contributed by atoms with Crippen molar-refractivity contribution in [1.29, 1.82) is 0 Å². The zero-order chi connectivity index (χ0) is 19.9. The van der Waals surface area contributed by atoms with Gasteiger partial charge in [-0.05, 0) is 50.6 Å². The van der Waals surface area contributed by atoms with Crippen molar-refractivity contribution in [1.82, 2.24) is 9.88 Å². The van der Waals surface area contributed by atoms with E-state index in [1.165, 1.54) is 54.9 Å². The zero-order valence-electron chi connectivity index (χ0n) is 15.9. The van der Waals surface area contributed by atoms with E-state index in [0.29, 0.717) is 16.9 Å². The molecule has 28 heavy (non-hydrogen) atoms. The third-order valence-corrected chi connectivity index (χ3v) is 5.70. The van der Waals surface area contributed by atoms with Crippen LogP contribution in [0.3, 0.4) is 0 Å². The predicted octanol–water partition coefficient (Wildman–Crippen LogP) is 4.01. The van der Waals surface area contributed by atoms with Crippen molar-refractivity contribution in [2.75, 3.05) is 17.2 Å². The van der Waals surface area contributed by atoms with Gasteiger partial charge in [-0.1, -0.05) is 6.42 Å². The number of halogens is 1. The van der Waals surface area contributed by atoms with Crippen molar-refractivity contribution in [3.63, 3.8) is 0 Å². The molecule has 1 unspecified atom stereocenters. The molecule has 1 aromatic heterocycles. The lowest BCUT2D eigenvalue weighted by Crippen LogP contribution is -2.36. The lowest BCUT2D eigenvalue weighted by Gasteiger charge is -2.32. The molecule has 2 heterocycles. The molecule has 1 atom stereocenters. The maximum absolute atomic E-state index is 12.9. The standard InChI is InChI=1S/C20H25FN4O2S/c1-14-4-2-3-11-25(14)13-17-12-22-20(28-17)24-19(27)10-9-18(26)23-16-7-5-15(21)6-8-16/h5-8,12,14H,2-4,9-11,13H2,1H3,(H,23,26)(H,22,24,27). The number of carbonyl (C=O) groups is 2. The minimum absolute atomic E-state index is 0.0483. The van der Waals surface area contributed by atoms with Crippen molar-refractivity contribution < 1.29 is 14.0 Å². The van der Waals surface area contributed by atoms with Crippen LogP contribution in [0.2, 0.25) is 0 Å². The summed E-state index contributed by atoms with van der Waals surface area (Å²) < 4.78 is 12.9. The zero-order valence-corrected chi connectivity index (χ0v) is 16.7. The van der Waals surface area contributed by atoms with E-state index in [-0.39, 0.29) is 30.5 Å². The monoisotopic (exact) mass is 404 g/mol. The molecule has 1 aromatic carbocycles. The van der Waals surface area contributed by atoms with Crippen LogP contribution >= 0.6 is 11.3 Å². The molecule has 150 valence electrons. The molecule has 2 N–H and O–H groups in total. The van der Waals surface area contributed by atoms with Crippen LogP contribution in [0.1, 0.15) is 43.9 Å². The highest BCUT2D eigenvalue weighted by Gasteiger charge is 2.19. The van der Waals surface area contributed by atoms with E-state index in [1.54, 1.807) is 0 Å². The first-order valence-corrected chi connectivity index (χ1v) is 10.4. The van der Waals surface area contributed by atoms with Crippen molar-refractivity contribution in [3.05, 3.63) is 41.2 Å². The second-order valence-electron chi connectivity index (χ2n) is 7.05. The molecule has 0 spiro atoms. The highest BCUT2D eigenvalue weighted by atomic mass is 32.1. The summed E-state index contributed by atoms with van der Waals surface area (Å²) in [5.41, 5.74) is 0.503. The van der Waals surface area contributed by atoms with Crippen molar-refractivity contribution in [2.24, 2.45) is 0 Å². The van der Waals surface area contributed by atoms with E-state index in [2.05, 4.69) is 27.4 Å². The number of benzene rings is 1. The first kappa shape index (κ1) is 20.4. The van der Waals surface area contributed by atoms with Gasteiger partial charge in [0.1, 0.15) is 5.82 Å². The summed E-state index contributed by atoms with van der Waals surface area (Å²) in [6.07, 6.45) is 5.66. The number of anilines is 2. The van der Waals surface area contributed by atoms with Gasteiger partial charge in [0.05, 0.1) is 0 Å². The van der Waals surface area contributed by atoms with Crippen LogP contribution < -0.4 is 10.6 Å². The lowest BCUT2D eigenvalue weighted by molar-refractivity contribution is -0.121. The average Bonchev–Trinajstić information content (AvgIpc) is 3.11. The van der Waals surface area contributed by atoms with Gasteiger partial charge in [0.2, 0.25) is 11.8 Å². The molecule has 0 bridgehead atoms. The number of thiazole rings is 1. The van der Waals surface area contributed by atoms with E-state index in [1.807, 2.05) is 6.20 Å². The molecular formula is C20H25FN4O2S. The number of hydrogen-bond donors (Lipinski definition) is 2. The quantitative estimate of drug-likeness (QED) is 0.731. The molecular weight excluding hydrogens is 379 g/mol. The number of aromatic nitrogens is 1. The minimum Gasteiger partial charge on any atom is -0.326 e. The second-order valence-corrected chi connectivity index (χ2v) is 8.17. The molecule has 0 aliphatic carbocycles. The van der Waals surface area contributed by atoms with E-state index in [0.717, 1.165) is 18.0 Å². The highest BCUT2D eigenvalue weighted by Crippen LogP contribution is 2.24. The predicted molar refractivity (Wildman–Crippen MR) is 109 cm³/mol. The van der Waals surface area contributed by atoms with Crippen LogP contribution in [0.15, 0.2) is 30.5 Å². The van der Waals surface area contributed by atoms with Gasteiger partial charge in [0.15, 0.2) is 5.13 Å². The SMILES string of the molecule is CC1CCCCN1Cc1cnc(NC(=O)CCC(=O)Nc2ccc(F)cc2)s1. The van der Waals surface area contributed by atoms with Crippen molar-refractivity contribution >= 4 is 34.0 Å². The van der Waals surface area contributed by atoms with Crippen molar-refractivity contribution in [3.8, 4) is 0 Å². The normalized spacial score (nSPS) is 17.3. The van der Waals surface area contributed by atoms with Gasteiger partial charge in [0.25, 0.3) is 0 Å². The Morgan fingerprint density at radius 3 is 2.61 bits per heavy atom. The summed E-state index contributed by atoms with van der Waals surface area (Å²) in [7, 11) is 0. The molecule has 0 radical (unpaired) electrons. The molecule has 1 fully saturated rings. The Labute approximate surface area is 168 Å². The van der Waals surface area contributed by atoms with Gasteiger partial charge in [-0.3, -0.25) is 14.5 Å². The number of hydrogen-bond acceptors (Lipinski definition) is 5. The van der Waals surface area contributed by atoms with Crippen LogP contribution in [0.25, 0.3) is 0 Å². The van der Waals surface area contributed by atoms with Crippen LogP contribution in [-0.2, 0) is 16.1 Å². The first-order chi connectivity index (χ1) is 13.5. The number of rotatable bonds is 7. The molecule has 1 saturated heterocycles. The molecule has 2 amide bonds. The van der Waals surface area contributed by atoms with Gasteiger partial charge in [-0.15, -0.1) is 11.3 Å². The molecule has 1 aliphatic rings. The Hall–Kier alpha value is -2.32. The molecule has 6 nitrogen and oxygen atoms in total. The molecule has 1 aliphatic heterocycles. The highest BCUT2D eigenvalue weighted by molar-refractivity contribution is 7.15. The average molecular weight is 405 g/mol. The van der Waals surface area contributed by atoms with Gasteiger partial charge in [-0.25, -0.2) is 9.37 Å². The largest absolute Gasteiger partial charge is 0.326 e. The van der Waals surface area contributed by atoms with Gasteiger partial charge >= 0.3 is 0 Å². The number of carbonyl (C=O) groups excluding carboxylic acids is 2. The fraction of sp³-hybridized carbons (Fsp3) is 0.450. The Morgan fingerprint density at radius 1 is 1.18 bits per heavy atom. The Kier molecular flexibility index (Phi) is 7.11. The fourth-order valence-corrected chi connectivity index (χ4v) is 4.05. The minimum atomic E-state index is -0.366.